The topological polar surface area (TPSA) is 64.3 Å². The number of carbonyl (C=O) groups excluding carboxylic acids is 1. The molecule has 3 N–H and O–H groups in total. The fraction of sp³-hybridized carbons (Fsp3) is 0.462. The third-order valence-electron chi connectivity index (χ3n) is 2.63. The summed E-state index contributed by atoms with van der Waals surface area (Å²) < 4.78 is 5.32. The molecule has 0 heterocycles. The number of aryl methyl sites for hydroxylation is 2. The quantitative estimate of drug-likeness (QED) is 0.809. The van der Waals surface area contributed by atoms with Gasteiger partial charge in [0.2, 0.25) is 5.91 Å². The van der Waals surface area contributed by atoms with Crippen molar-refractivity contribution in [3.05, 3.63) is 28.8 Å². The molecule has 0 saturated carbocycles. The molecule has 1 amide bonds. The summed E-state index contributed by atoms with van der Waals surface area (Å²) in [5.41, 5.74) is 8.61. The molecular weight excluding hydrogens is 216 g/mol. The van der Waals surface area contributed by atoms with Crippen LogP contribution in [0.2, 0.25) is 0 Å². The molecule has 0 bridgehead atoms. The first-order valence-corrected chi connectivity index (χ1v) is 5.69. The highest BCUT2D eigenvalue weighted by Crippen LogP contribution is 2.23. The molecule has 1 aromatic rings. The first-order valence-electron chi connectivity index (χ1n) is 5.69. The van der Waals surface area contributed by atoms with Gasteiger partial charge in [-0.1, -0.05) is 6.07 Å². The molecular formula is C13H20N2O2. The lowest BCUT2D eigenvalue weighted by Crippen LogP contribution is -2.25. The number of carbonyl (C=O) groups is 1. The SMILES string of the molecule is COc1cc(C)cc(C)c1CNC(=O)CCN. The third kappa shape index (κ3) is 3.75. The molecule has 4 nitrogen and oxygen atoms in total. The van der Waals surface area contributed by atoms with Crippen LogP contribution < -0.4 is 15.8 Å². The number of rotatable bonds is 5. The Kier molecular flexibility index (Phi) is 4.97. The van der Waals surface area contributed by atoms with Crippen LogP contribution in [0.1, 0.15) is 23.1 Å². The maximum atomic E-state index is 11.4. The minimum absolute atomic E-state index is 0.0328. The lowest BCUT2D eigenvalue weighted by molar-refractivity contribution is -0.121. The highest BCUT2D eigenvalue weighted by atomic mass is 16.5. The monoisotopic (exact) mass is 236 g/mol. The van der Waals surface area contributed by atoms with Crippen molar-refractivity contribution < 1.29 is 9.53 Å². The Morgan fingerprint density at radius 3 is 2.71 bits per heavy atom. The van der Waals surface area contributed by atoms with Crippen molar-refractivity contribution in [2.45, 2.75) is 26.8 Å². The first-order chi connectivity index (χ1) is 8.08. The average Bonchev–Trinajstić information content (AvgIpc) is 2.27. The number of hydrogen-bond donors (Lipinski definition) is 2. The predicted molar refractivity (Wildman–Crippen MR) is 68.0 cm³/mol. The summed E-state index contributed by atoms with van der Waals surface area (Å²) in [7, 11) is 1.64. The van der Waals surface area contributed by atoms with E-state index in [0.29, 0.717) is 19.5 Å². The molecule has 1 aromatic carbocycles. The van der Waals surface area contributed by atoms with Crippen LogP contribution in [-0.4, -0.2) is 19.6 Å². The van der Waals surface area contributed by atoms with Gasteiger partial charge in [-0.05, 0) is 31.0 Å². The maximum absolute atomic E-state index is 11.4. The van der Waals surface area contributed by atoms with E-state index in [2.05, 4.69) is 11.4 Å². The van der Waals surface area contributed by atoms with Gasteiger partial charge in [-0.25, -0.2) is 0 Å². The Morgan fingerprint density at radius 1 is 1.41 bits per heavy atom. The van der Waals surface area contributed by atoms with Crippen LogP contribution in [0.4, 0.5) is 0 Å². The van der Waals surface area contributed by atoms with Crippen LogP contribution in [0.25, 0.3) is 0 Å². The molecule has 0 aliphatic carbocycles. The second-order valence-electron chi connectivity index (χ2n) is 4.08. The van der Waals surface area contributed by atoms with Crippen molar-refractivity contribution in [1.82, 2.24) is 5.32 Å². The number of amides is 1. The van der Waals surface area contributed by atoms with Crippen LogP contribution in [0, 0.1) is 13.8 Å². The number of benzene rings is 1. The first kappa shape index (κ1) is 13.5. The zero-order valence-corrected chi connectivity index (χ0v) is 10.7. The Bertz CT molecular complexity index is 403. The Balaban J connectivity index is 2.79. The second-order valence-corrected chi connectivity index (χ2v) is 4.08. The van der Waals surface area contributed by atoms with Crippen molar-refractivity contribution in [2.24, 2.45) is 5.73 Å². The van der Waals surface area contributed by atoms with E-state index in [0.717, 1.165) is 22.4 Å². The fourth-order valence-electron chi connectivity index (χ4n) is 1.77. The standard InChI is InChI=1S/C13H20N2O2/c1-9-6-10(2)11(12(7-9)17-3)8-15-13(16)4-5-14/h6-7H,4-5,8,14H2,1-3H3,(H,15,16). The zero-order valence-electron chi connectivity index (χ0n) is 10.7. The van der Waals surface area contributed by atoms with Crippen molar-refractivity contribution in [3.8, 4) is 5.75 Å². The van der Waals surface area contributed by atoms with Crippen LogP contribution in [0.5, 0.6) is 5.75 Å². The van der Waals surface area contributed by atoms with Crippen LogP contribution in [0.3, 0.4) is 0 Å². The molecule has 4 heteroatoms. The van der Waals surface area contributed by atoms with Gasteiger partial charge in [0.1, 0.15) is 5.75 Å². The van der Waals surface area contributed by atoms with Gasteiger partial charge in [0.25, 0.3) is 0 Å². The lowest BCUT2D eigenvalue weighted by Gasteiger charge is -2.13. The van der Waals surface area contributed by atoms with Crippen molar-refractivity contribution >= 4 is 5.91 Å². The number of nitrogens with two attached hydrogens (primary N) is 1. The Labute approximate surface area is 102 Å². The minimum atomic E-state index is -0.0328. The summed E-state index contributed by atoms with van der Waals surface area (Å²) in [4.78, 5) is 11.4. The van der Waals surface area contributed by atoms with Gasteiger partial charge < -0.3 is 15.8 Å². The van der Waals surface area contributed by atoms with E-state index in [1.807, 2.05) is 19.9 Å². The normalized spacial score (nSPS) is 10.1. The van der Waals surface area contributed by atoms with Crippen molar-refractivity contribution in [2.75, 3.05) is 13.7 Å². The van der Waals surface area contributed by atoms with Crippen LogP contribution >= 0.6 is 0 Å². The molecule has 17 heavy (non-hydrogen) atoms. The van der Waals surface area contributed by atoms with Crippen molar-refractivity contribution in [3.63, 3.8) is 0 Å². The molecule has 0 radical (unpaired) electrons. The molecule has 0 aliphatic heterocycles. The van der Waals surface area contributed by atoms with Gasteiger partial charge in [0.05, 0.1) is 7.11 Å². The van der Waals surface area contributed by atoms with Crippen LogP contribution in [0.15, 0.2) is 12.1 Å². The highest BCUT2D eigenvalue weighted by Gasteiger charge is 2.08. The van der Waals surface area contributed by atoms with Gasteiger partial charge in [-0.2, -0.15) is 0 Å². The van der Waals surface area contributed by atoms with E-state index in [-0.39, 0.29) is 5.91 Å². The molecule has 0 aromatic heterocycles. The molecule has 0 saturated heterocycles. The van der Waals surface area contributed by atoms with Gasteiger partial charge in [0, 0.05) is 25.1 Å². The van der Waals surface area contributed by atoms with Gasteiger partial charge in [-0.15, -0.1) is 0 Å². The lowest BCUT2D eigenvalue weighted by atomic mass is 10.0. The van der Waals surface area contributed by atoms with Gasteiger partial charge in [-0.3, -0.25) is 4.79 Å². The maximum Gasteiger partial charge on any atom is 0.221 e. The minimum Gasteiger partial charge on any atom is -0.496 e. The molecule has 0 aliphatic rings. The summed E-state index contributed by atoms with van der Waals surface area (Å²) >= 11 is 0. The van der Waals surface area contributed by atoms with E-state index in [1.165, 1.54) is 0 Å². The summed E-state index contributed by atoms with van der Waals surface area (Å²) in [5.74, 6) is 0.782. The summed E-state index contributed by atoms with van der Waals surface area (Å²) in [5, 5.41) is 2.84. The smallest absolute Gasteiger partial charge is 0.221 e. The second kappa shape index (κ2) is 6.25. The predicted octanol–water partition coefficient (Wildman–Crippen LogP) is 1.28. The molecule has 0 fully saturated rings. The van der Waals surface area contributed by atoms with E-state index < -0.39 is 0 Å². The Morgan fingerprint density at radius 2 is 2.12 bits per heavy atom. The number of methoxy groups -OCH3 is 1. The number of nitrogens with one attached hydrogen (secondary N) is 1. The largest absolute Gasteiger partial charge is 0.496 e. The summed E-state index contributed by atoms with van der Waals surface area (Å²) in [6.07, 6.45) is 0.354. The van der Waals surface area contributed by atoms with E-state index in [1.54, 1.807) is 7.11 Å². The number of ether oxygens (including phenoxy) is 1. The van der Waals surface area contributed by atoms with Crippen LogP contribution in [-0.2, 0) is 11.3 Å². The summed E-state index contributed by atoms with van der Waals surface area (Å²) in [6, 6.07) is 4.05. The number of hydrogen-bond acceptors (Lipinski definition) is 3. The molecule has 1 rings (SSSR count). The molecule has 0 spiro atoms. The molecule has 0 unspecified atom stereocenters. The van der Waals surface area contributed by atoms with Gasteiger partial charge in [0.15, 0.2) is 0 Å². The third-order valence-corrected chi connectivity index (χ3v) is 2.63. The van der Waals surface area contributed by atoms with Gasteiger partial charge >= 0.3 is 0 Å². The van der Waals surface area contributed by atoms with Crippen molar-refractivity contribution in [1.29, 1.82) is 0 Å². The fourth-order valence-corrected chi connectivity index (χ4v) is 1.77. The summed E-state index contributed by atoms with van der Waals surface area (Å²) in [6.45, 7) is 4.89. The van der Waals surface area contributed by atoms with E-state index in [4.69, 9.17) is 10.5 Å². The molecule has 0 atom stereocenters. The highest BCUT2D eigenvalue weighted by molar-refractivity contribution is 5.76. The van der Waals surface area contributed by atoms with E-state index >= 15 is 0 Å². The van der Waals surface area contributed by atoms with E-state index in [9.17, 15) is 4.79 Å². The zero-order chi connectivity index (χ0) is 12.8. The Hall–Kier alpha value is -1.55. The average molecular weight is 236 g/mol. The molecule has 94 valence electrons.